The van der Waals surface area contributed by atoms with Crippen LogP contribution in [0, 0.1) is 25.2 Å². The second kappa shape index (κ2) is 5.94. The zero-order valence-electron chi connectivity index (χ0n) is 13.1. The Morgan fingerprint density at radius 1 is 0.957 bits per heavy atom. The Kier molecular flexibility index (Phi) is 3.82. The monoisotopic (exact) mass is 300 g/mol. The molecule has 1 N–H and O–H groups in total. The molecule has 0 fully saturated rings. The van der Waals surface area contributed by atoms with Crippen LogP contribution in [-0.4, -0.2) is 4.98 Å². The van der Waals surface area contributed by atoms with E-state index in [4.69, 9.17) is 0 Å². The number of hydrogen-bond acceptors (Lipinski definition) is 2. The quantitative estimate of drug-likeness (QED) is 0.771. The van der Waals surface area contributed by atoms with Crippen LogP contribution in [-0.2, 0) is 0 Å². The van der Waals surface area contributed by atoms with Crippen molar-refractivity contribution in [3.8, 4) is 28.5 Å². The largest absolute Gasteiger partial charge is 0.321 e. The number of benzene rings is 2. The summed E-state index contributed by atoms with van der Waals surface area (Å²) in [5, 5.41) is 9.40. The van der Waals surface area contributed by atoms with Crippen molar-refractivity contribution >= 4 is 0 Å². The fourth-order valence-corrected chi connectivity index (χ4v) is 2.77. The van der Waals surface area contributed by atoms with Gasteiger partial charge in [0.1, 0.15) is 11.6 Å². The first-order chi connectivity index (χ1) is 11.1. The van der Waals surface area contributed by atoms with Crippen molar-refractivity contribution < 1.29 is 0 Å². The maximum Gasteiger partial charge on any atom is 0.266 e. The molecule has 3 aromatic rings. The lowest BCUT2D eigenvalue weighted by Gasteiger charge is -2.11. The van der Waals surface area contributed by atoms with Crippen LogP contribution in [0.5, 0.6) is 0 Å². The highest BCUT2D eigenvalue weighted by atomic mass is 16.1. The molecule has 1 heterocycles. The maximum atomic E-state index is 12.3. The number of aromatic nitrogens is 1. The molecule has 0 spiro atoms. The fraction of sp³-hybridized carbons (Fsp3) is 0.100. The van der Waals surface area contributed by atoms with Gasteiger partial charge in [-0.3, -0.25) is 4.79 Å². The summed E-state index contributed by atoms with van der Waals surface area (Å²) < 4.78 is 0. The van der Waals surface area contributed by atoms with Crippen molar-refractivity contribution in [3.05, 3.63) is 81.6 Å². The number of nitriles is 1. The van der Waals surface area contributed by atoms with Crippen LogP contribution in [0.1, 0.15) is 16.7 Å². The van der Waals surface area contributed by atoms with Crippen LogP contribution < -0.4 is 5.56 Å². The third-order valence-corrected chi connectivity index (χ3v) is 3.90. The second-order valence-electron chi connectivity index (χ2n) is 5.60. The lowest BCUT2D eigenvalue weighted by molar-refractivity contribution is 1.21. The van der Waals surface area contributed by atoms with Gasteiger partial charge in [-0.25, -0.2) is 0 Å². The molecule has 0 amide bonds. The van der Waals surface area contributed by atoms with E-state index < -0.39 is 0 Å². The lowest BCUT2D eigenvalue weighted by atomic mass is 9.94. The first kappa shape index (κ1) is 14.8. The number of nitrogens with zero attached hydrogens (tertiary/aromatic N) is 1. The van der Waals surface area contributed by atoms with Gasteiger partial charge in [-0.15, -0.1) is 0 Å². The Hall–Kier alpha value is -3.12. The molecule has 3 heteroatoms. The normalized spacial score (nSPS) is 10.3. The number of aromatic amines is 1. The number of rotatable bonds is 2. The molecule has 0 saturated carbocycles. The minimum atomic E-state index is -0.358. The van der Waals surface area contributed by atoms with Crippen LogP contribution in [0.4, 0.5) is 0 Å². The molecular formula is C20H16N2O. The maximum absolute atomic E-state index is 12.3. The fourth-order valence-electron chi connectivity index (χ4n) is 2.77. The predicted molar refractivity (Wildman–Crippen MR) is 92.1 cm³/mol. The van der Waals surface area contributed by atoms with Crippen LogP contribution in [0.2, 0.25) is 0 Å². The van der Waals surface area contributed by atoms with Crippen LogP contribution in [0.25, 0.3) is 22.4 Å². The number of hydrogen-bond donors (Lipinski definition) is 1. The van der Waals surface area contributed by atoms with Gasteiger partial charge < -0.3 is 4.98 Å². The van der Waals surface area contributed by atoms with Crippen molar-refractivity contribution in [3.63, 3.8) is 0 Å². The summed E-state index contributed by atoms with van der Waals surface area (Å²) in [6.45, 7) is 4.02. The van der Waals surface area contributed by atoms with E-state index in [1.807, 2.05) is 68.4 Å². The Labute approximate surface area is 134 Å². The van der Waals surface area contributed by atoms with Crippen LogP contribution >= 0.6 is 0 Å². The van der Waals surface area contributed by atoms with Crippen molar-refractivity contribution in [2.75, 3.05) is 0 Å². The number of nitrogens with one attached hydrogen (secondary N) is 1. The Bertz CT molecular complexity index is 963. The molecule has 0 unspecified atom stereocenters. The molecule has 3 nitrogen and oxygen atoms in total. The standard InChI is InChI=1S/C20H16N2O/c1-13-8-9-16(14(2)10-13)17-11-19(15-6-4-3-5-7-15)22-20(23)18(17)12-21/h3-11H,1-2H3,(H,22,23). The topological polar surface area (TPSA) is 56.6 Å². The summed E-state index contributed by atoms with van der Waals surface area (Å²) >= 11 is 0. The van der Waals surface area contributed by atoms with Crippen LogP contribution in [0.3, 0.4) is 0 Å². The van der Waals surface area contributed by atoms with Crippen molar-refractivity contribution in [2.24, 2.45) is 0 Å². The molecule has 2 aromatic carbocycles. The van der Waals surface area contributed by atoms with Crippen molar-refractivity contribution in [2.45, 2.75) is 13.8 Å². The molecule has 0 radical (unpaired) electrons. The predicted octanol–water partition coefficient (Wildman–Crippen LogP) is 4.20. The minimum absolute atomic E-state index is 0.150. The molecule has 0 aliphatic rings. The van der Waals surface area contributed by atoms with Gasteiger partial charge in [0.25, 0.3) is 5.56 Å². The van der Waals surface area contributed by atoms with Gasteiger partial charge in [-0.2, -0.15) is 5.26 Å². The number of pyridine rings is 1. The summed E-state index contributed by atoms with van der Waals surface area (Å²) in [7, 11) is 0. The van der Waals surface area contributed by atoms with E-state index >= 15 is 0 Å². The van der Waals surface area contributed by atoms with Gasteiger partial charge in [0, 0.05) is 11.3 Å². The molecule has 0 aliphatic heterocycles. The van der Waals surface area contributed by atoms with Gasteiger partial charge in [-0.1, -0.05) is 54.1 Å². The molecule has 0 bridgehead atoms. The SMILES string of the molecule is Cc1ccc(-c2cc(-c3ccccc3)[nH]c(=O)c2C#N)c(C)c1. The summed E-state index contributed by atoms with van der Waals surface area (Å²) in [4.78, 5) is 15.1. The average Bonchev–Trinajstić information content (AvgIpc) is 2.55. The van der Waals surface area contributed by atoms with Crippen molar-refractivity contribution in [1.29, 1.82) is 5.26 Å². The molecular weight excluding hydrogens is 284 g/mol. The highest BCUT2D eigenvalue weighted by Crippen LogP contribution is 2.28. The highest BCUT2D eigenvalue weighted by molar-refractivity contribution is 5.77. The average molecular weight is 300 g/mol. The molecule has 3 rings (SSSR count). The summed E-state index contributed by atoms with van der Waals surface area (Å²) in [5.74, 6) is 0. The Balaban J connectivity index is 2.29. The second-order valence-corrected chi connectivity index (χ2v) is 5.60. The van der Waals surface area contributed by atoms with Gasteiger partial charge in [0.2, 0.25) is 0 Å². The summed E-state index contributed by atoms with van der Waals surface area (Å²) in [6.07, 6.45) is 0. The van der Waals surface area contributed by atoms with Gasteiger partial charge >= 0.3 is 0 Å². The van der Waals surface area contributed by atoms with Crippen LogP contribution in [0.15, 0.2) is 59.4 Å². The molecule has 1 aromatic heterocycles. The van der Waals surface area contributed by atoms with E-state index in [1.54, 1.807) is 0 Å². The van der Waals surface area contributed by atoms with E-state index in [0.717, 1.165) is 22.3 Å². The van der Waals surface area contributed by atoms with Gasteiger partial charge in [0.05, 0.1) is 0 Å². The van der Waals surface area contributed by atoms with E-state index in [1.165, 1.54) is 0 Å². The Morgan fingerprint density at radius 3 is 2.35 bits per heavy atom. The number of H-pyrrole nitrogens is 1. The lowest BCUT2D eigenvalue weighted by Crippen LogP contribution is -2.13. The molecule has 23 heavy (non-hydrogen) atoms. The van der Waals surface area contributed by atoms with E-state index in [2.05, 4.69) is 11.1 Å². The van der Waals surface area contributed by atoms with Gasteiger partial charge in [-0.05, 0) is 36.6 Å². The summed E-state index contributed by atoms with van der Waals surface area (Å²) in [5.41, 5.74) is 5.21. The third-order valence-electron chi connectivity index (χ3n) is 3.90. The van der Waals surface area contributed by atoms with Crippen molar-refractivity contribution in [1.82, 2.24) is 4.98 Å². The number of aryl methyl sites for hydroxylation is 2. The zero-order chi connectivity index (χ0) is 16.4. The first-order valence-electron chi connectivity index (χ1n) is 7.40. The van der Waals surface area contributed by atoms with Gasteiger partial charge in [0.15, 0.2) is 0 Å². The third kappa shape index (κ3) is 2.79. The van der Waals surface area contributed by atoms with E-state index in [-0.39, 0.29) is 11.1 Å². The highest BCUT2D eigenvalue weighted by Gasteiger charge is 2.14. The molecule has 0 saturated heterocycles. The molecule has 112 valence electrons. The zero-order valence-corrected chi connectivity index (χ0v) is 13.1. The first-order valence-corrected chi connectivity index (χ1v) is 7.40. The molecule has 0 aliphatic carbocycles. The molecule has 0 atom stereocenters. The summed E-state index contributed by atoms with van der Waals surface area (Å²) in [6, 6.07) is 19.6. The smallest absolute Gasteiger partial charge is 0.266 e. The van der Waals surface area contributed by atoms with E-state index in [9.17, 15) is 10.1 Å². The van der Waals surface area contributed by atoms with E-state index in [0.29, 0.717) is 11.3 Å². The minimum Gasteiger partial charge on any atom is -0.321 e. The Morgan fingerprint density at radius 2 is 1.70 bits per heavy atom.